The molecule has 108 valence electrons. The van der Waals surface area contributed by atoms with Crippen molar-refractivity contribution in [1.82, 2.24) is 0 Å². The van der Waals surface area contributed by atoms with Gasteiger partial charge in [-0.05, 0) is 31.9 Å². The van der Waals surface area contributed by atoms with Crippen molar-refractivity contribution >= 4 is 17.4 Å². The van der Waals surface area contributed by atoms with E-state index in [1.54, 1.807) is 19.1 Å². The van der Waals surface area contributed by atoms with Gasteiger partial charge in [-0.3, -0.25) is 14.9 Å². The number of hydrogen-bond acceptors (Lipinski definition) is 5. The number of nitro benzene ring substituents is 1. The van der Waals surface area contributed by atoms with Crippen molar-refractivity contribution in [2.24, 2.45) is 0 Å². The fraction of sp³-hybridized carbons (Fsp3) is 0.429. The number of carbonyl (C=O) groups excluding carboxylic acids is 2. The summed E-state index contributed by atoms with van der Waals surface area (Å²) < 4.78 is 5.00. The van der Waals surface area contributed by atoms with E-state index in [2.05, 4.69) is 0 Å². The molecule has 0 saturated carbocycles. The summed E-state index contributed by atoms with van der Waals surface area (Å²) in [5, 5.41) is 11.0. The van der Waals surface area contributed by atoms with Crippen molar-refractivity contribution in [2.45, 2.75) is 39.7 Å². The van der Waals surface area contributed by atoms with Crippen molar-refractivity contribution in [3.63, 3.8) is 0 Å². The smallest absolute Gasteiger partial charge is 0.303 e. The van der Waals surface area contributed by atoms with Gasteiger partial charge in [0.1, 0.15) is 11.9 Å². The Hall–Kier alpha value is -2.24. The molecule has 6 nitrogen and oxygen atoms in total. The topological polar surface area (TPSA) is 86.5 Å². The van der Waals surface area contributed by atoms with Gasteiger partial charge in [-0.25, -0.2) is 0 Å². The first-order valence-electron chi connectivity index (χ1n) is 6.25. The minimum Gasteiger partial charge on any atom is -0.458 e. The van der Waals surface area contributed by atoms with Crippen LogP contribution < -0.4 is 0 Å². The van der Waals surface area contributed by atoms with E-state index in [-0.39, 0.29) is 11.5 Å². The van der Waals surface area contributed by atoms with Crippen LogP contribution in [0.5, 0.6) is 0 Å². The lowest BCUT2D eigenvalue weighted by Crippen LogP contribution is -2.08. The Morgan fingerprint density at radius 2 is 2.00 bits per heavy atom. The number of hydrogen-bond donors (Lipinski definition) is 0. The maximum absolute atomic E-state index is 11.0. The SMILES string of the molecule is CC(=O)CCc1ccc([N+](=O)[O-])c(C(C)OC(C)=O)c1. The molecule has 1 atom stereocenters. The van der Waals surface area contributed by atoms with Crippen LogP contribution in [0.4, 0.5) is 5.69 Å². The average molecular weight is 279 g/mol. The van der Waals surface area contributed by atoms with Crippen LogP contribution in [0, 0.1) is 10.1 Å². The minimum atomic E-state index is -0.704. The highest BCUT2D eigenvalue weighted by Gasteiger charge is 2.21. The van der Waals surface area contributed by atoms with Crippen LogP contribution in [0.3, 0.4) is 0 Å². The molecule has 0 heterocycles. The fourth-order valence-electron chi connectivity index (χ4n) is 1.88. The van der Waals surface area contributed by atoms with Crippen molar-refractivity contribution in [2.75, 3.05) is 0 Å². The molecule has 0 aromatic heterocycles. The highest BCUT2D eigenvalue weighted by molar-refractivity contribution is 5.75. The molecule has 0 radical (unpaired) electrons. The summed E-state index contributed by atoms with van der Waals surface area (Å²) in [4.78, 5) is 32.4. The standard InChI is InChI=1S/C14H17NO5/c1-9(16)4-5-12-6-7-14(15(18)19)13(8-12)10(2)20-11(3)17/h6-8,10H,4-5H2,1-3H3. The molecule has 0 N–H and O–H groups in total. The molecular weight excluding hydrogens is 262 g/mol. The Bertz CT molecular complexity index is 538. The lowest BCUT2D eigenvalue weighted by Gasteiger charge is -2.13. The lowest BCUT2D eigenvalue weighted by molar-refractivity contribution is -0.386. The monoisotopic (exact) mass is 279 g/mol. The molecule has 0 aliphatic heterocycles. The Labute approximate surface area is 116 Å². The molecule has 0 spiro atoms. The number of esters is 1. The summed E-state index contributed by atoms with van der Waals surface area (Å²) in [5.74, 6) is -0.445. The largest absolute Gasteiger partial charge is 0.458 e. The molecule has 1 aromatic rings. The molecule has 0 amide bonds. The van der Waals surface area contributed by atoms with Gasteiger partial charge in [0.05, 0.1) is 10.5 Å². The minimum absolute atomic E-state index is 0.0536. The van der Waals surface area contributed by atoms with E-state index in [1.807, 2.05) is 0 Å². The Balaban J connectivity index is 3.08. The van der Waals surface area contributed by atoms with Crippen LogP contribution in [0.25, 0.3) is 0 Å². The first kappa shape index (κ1) is 15.8. The predicted molar refractivity (Wildman–Crippen MR) is 72.3 cm³/mol. The molecule has 1 unspecified atom stereocenters. The summed E-state index contributed by atoms with van der Waals surface area (Å²) in [5.41, 5.74) is 1.05. The summed E-state index contributed by atoms with van der Waals surface area (Å²) in [6, 6.07) is 4.62. The summed E-state index contributed by atoms with van der Waals surface area (Å²) >= 11 is 0. The number of Topliss-reactive ketones (excluding diaryl/α,β-unsaturated/α-hetero) is 1. The zero-order valence-electron chi connectivity index (χ0n) is 11.7. The number of benzene rings is 1. The third kappa shape index (κ3) is 4.46. The third-order valence-corrected chi connectivity index (χ3v) is 2.84. The summed E-state index contributed by atoms with van der Waals surface area (Å²) in [6.07, 6.45) is 0.178. The quantitative estimate of drug-likeness (QED) is 0.454. The van der Waals surface area contributed by atoms with Gasteiger partial charge in [0, 0.05) is 19.4 Å². The van der Waals surface area contributed by atoms with Gasteiger partial charge in [0.15, 0.2) is 0 Å². The van der Waals surface area contributed by atoms with Crippen LogP contribution in [-0.4, -0.2) is 16.7 Å². The van der Waals surface area contributed by atoms with Gasteiger partial charge < -0.3 is 9.53 Å². The fourth-order valence-corrected chi connectivity index (χ4v) is 1.88. The molecule has 0 aliphatic carbocycles. The van der Waals surface area contributed by atoms with Gasteiger partial charge in [-0.1, -0.05) is 6.07 Å². The molecule has 6 heteroatoms. The number of nitro groups is 1. The maximum Gasteiger partial charge on any atom is 0.303 e. The van der Waals surface area contributed by atoms with Gasteiger partial charge in [-0.15, -0.1) is 0 Å². The molecule has 0 fully saturated rings. The lowest BCUT2D eigenvalue weighted by atomic mass is 10.0. The molecule has 1 aromatic carbocycles. The first-order chi connectivity index (χ1) is 9.31. The van der Waals surface area contributed by atoms with Crippen molar-refractivity contribution < 1.29 is 19.2 Å². The highest BCUT2D eigenvalue weighted by atomic mass is 16.6. The second kappa shape index (κ2) is 6.79. The number of ketones is 1. The van der Waals surface area contributed by atoms with Crippen LogP contribution >= 0.6 is 0 Å². The van der Waals surface area contributed by atoms with Gasteiger partial charge in [-0.2, -0.15) is 0 Å². The van der Waals surface area contributed by atoms with E-state index in [1.165, 1.54) is 19.9 Å². The van der Waals surface area contributed by atoms with Crippen LogP contribution in [0.1, 0.15) is 44.4 Å². The second-order valence-corrected chi connectivity index (χ2v) is 4.60. The van der Waals surface area contributed by atoms with Gasteiger partial charge in [0.2, 0.25) is 0 Å². The number of rotatable bonds is 6. The van der Waals surface area contributed by atoms with Gasteiger partial charge in [0.25, 0.3) is 5.69 Å². The molecule has 0 bridgehead atoms. The average Bonchev–Trinajstić information content (AvgIpc) is 2.34. The number of nitrogens with zero attached hydrogens (tertiary/aromatic N) is 1. The Morgan fingerprint density at radius 3 is 2.50 bits per heavy atom. The van der Waals surface area contributed by atoms with Crippen molar-refractivity contribution in [3.05, 3.63) is 39.4 Å². The van der Waals surface area contributed by atoms with E-state index >= 15 is 0 Å². The van der Waals surface area contributed by atoms with E-state index in [0.29, 0.717) is 18.4 Å². The zero-order chi connectivity index (χ0) is 15.3. The first-order valence-corrected chi connectivity index (χ1v) is 6.25. The van der Waals surface area contributed by atoms with Gasteiger partial charge >= 0.3 is 5.97 Å². The van der Waals surface area contributed by atoms with E-state index in [4.69, 9.17) is 4.74 Å². The van der Waals surface area contributed by atoms with Crippen LogP contribution in [0.15, 0.2) is 18.2 Å². The Morgan fingerprint density at radius 1 is 1.35 bits per heavy atom. The van der Waals surface area contributed by atoms with E-state index < -0.39 is 17.0 Å². The molecule has 0 aliphatic rings. The summed E-state index contributed by atoms with van der Waals surface area (Å²) in [7, 11) is 0. The third-order valence-electron chi connectivity index (χ3n) is 2.84. The maximum atomic E-state index is 11.0. The van der Waals surface area contributed by atoms with Crippen LogP contribution in [0.2, 0.25) is 0 Å². The van der Waals surface area contributed by atoms with Crippen molar-refractivity contribution in [3.8, 4) is 0 Å². The number of aryl methyl sites for hydroxylation is 1. The molecule has 0 saturated heterocycles. The van der Waals surface area contributed by atoms with E-state index in [0.717, 1.165) is 5.56 Å². The highest BCUT2D eigenvalue weighted by Crippen LogP contribution is 2.29. The zero-order valence-corrected chi connectivity index (χ0v) is 11.7. The molecule has 1 rings (SSSR count). The molecular formula is C14H17NO5. The normalized spacial score (nSPS) is 11.8. The predicted octanol–water partition coefficient (Wildman–Crippen LogP) is 2.74. The summed E-state index contributed by atoms with van der Waals surface area (Å²) in [6.45, 7) is 4.33. The Kier molecular flexibility index (Phi) is 5.37. The van der Waals surface area contributed by atoms with E-state index in [9.17, 15) is 19.7 Å². The second-order valence-electron chi connectivity index (χ2n) is 4.60. The number of ether oxygens (including phenoxy) is 1. The van der Waals surface area contributed by atoms with Crippen LogP contribution in [-0.2, 0) is 20.7 Å². The number of carbonyl (C=O) groups is 2. The molecule has 20 heavy (non-hydrogen) atoms. The van der Waals surface area contributed by atoms with Crippen molar-refractivity contribution in [1.29, 1.82) is 0 Å².